The zero-order valence-electron chi connectivity index (χ0n) is 13.1. The van der Waals surface area contributed by atoms with Gasteiger partial charge in [0.2, 0.25) is 0 Å². The number of rotatable bonds is 7. The van der Waals surface area contributed by atoms with Crippen molar-refractivity contribution in [3.8, 4) is 17.2 Å². The number of benzene rings is 2. The molecule has 0 aromatic heterocycles. The Balaban J connectivity index is 1.99. The summed E-state index contributed by atoms with van der Waals surface area (Å²) in [7, 11) is 0. The molecule has 0 unspecified atom stereocenters. The van der Waals surface area contributed by atoms with E-state index in [9.17, 15) is 9.59 Å². The lowest BCUT2D eigenvalue weighted by molar-refractivity contribution is -0.136. The van der Waals surface area contributed by atoms with E-state index in [1.54, 1.807) is 25.1 Å². The Morgan fingerprint density at radius 2 is 1.78 bits per heavy atom. The number of ether oxygens (including phenoxy) is 3. The van der Waals surface area contributed by atoms with Crippen molar-refractivity contribution in [1.29, 1.82) is 0 Å². The van der Waals surface area contributed by atoms with E-state index < -0.39 is 5.97 Å². The highest BCUT2D eigenvalue weighted by atomic mass is 16.6. The average Bonchev–Trinajstić information content (AvgIpc) is 2.56. The van der Waals surface area contributed by atoms with Crippen molar-refractivity contribution in [3.05, 3.63) is 53.6 Å². The molecule has 0 aliphatic heterocycles. The summed E-state index contributed by atoms with van der Waals surface area (Å²) < 4.78 is 16.0. The smallest absolute Gasteiger partial charge is 0.349 e. The normalized spacial score (nSPS) is 10.0. The van der Waals surface area contributed by atoms with Gasteiger partial charge in [0.1, 0.15) is 12.0 Å². The van der Waals surface area contributed by atoms with Gasteiger partial charge in [-0.1, -0.05) is 17.7 Å². The van der Waals surface area contributed by atoms with Gasteiger partial charge in [0.05, 0.1) is 6.61 Å². The monoisotopic (exact) mass is 314 g/mol. The Morgan fingerprint density at radius 3 is 2.43 bits per heavy atom. The molecular weight excluding hydrogens is 296 g/mol. The maximum Gasteiger partial charge on any atom is 0.349 e. The van der Waals surface area contributed by atoms with Crippen molar-refractivity contribution in [2.24, 2.45) is 0 Å². The molecule has 0 saturated heterocycles. The van der Waals surface area contributed by atoms with Crippen molar-refractivity contribution < 1.29 is 23.8 Å². The second-order valence-corrected chi connectivity index (χ2v) is 4.83. The van der Waals surface area contributed by atoms with Crippen LogP contribution in [0.15, 0.2) is 42.5 Å². The summed E-state index contributed by atoms with van der Waals surface area (Å²) in [6, 6.07) is 12.0. The van der Waals surface area contributed by atoms with Crippen LogP contribution in [0.5, 0.6) is 17.2 Å². The fourth-order valence-electron chi connectivity index (χ4n) is 1.88. The van der Waals surface area contributed by atoms with Gasteiger partial charge < -0.3 is 14.2 Å². The SMILES string of the molecule is CCOc1cc(C=O)ccc1OC(=O)COc1ccc(C)cc1. The van der Waals surface area contributed by atoms with Crippen LogP contribution in [0.2, 0.25) is 0 Å². The molecule has 0 N–H and O–H groups in total. The number of carbonyl (C=O) groups excluding carboxylic acids is 2. The van der Waals surface area contributed by atoms with Crippen LogP contribution in [0.1, 0.15) is 22.8 Å². The van der Waals surface area contributed by atoms with E-state index in [1.807, 2.05) is 19.1 Å². The highest BCUT2D eigenvalue weighted by molar-refractivity contribution is 5.78. The minimum atomic E-state index is -0.551. The molecule has 5 nitrogen and oxygen atoms in total. The number of carbonyl (C=O) groups is 2. The minimum Gasteiger partial charge on any atom is -0.490 e. The fraction of sp³-hybridized carbons (Fsp3) is 0.222. The Morgan fingerprint density at radius 1 is 1.04 bits per heavy atom. The van der Waals surface area contributed by atoms with Gasteiger partial charge in [-0.25, -0.2) is 4.79 Å². The van der Waals surface area contributed by atoms with Gasteiger partial charge >= 0.3 is 5.97 Å². The first-order valence-electron chi connectivity index (χ1n) is 7.24. The number of hydrogen-bond donors (Lipinski definition) is 0. The minimum absolute atomic E-state index is 0.218. The zero-order valence-corrected chi connectivity index (χ0v) is 13.1. The fourth-order valence-corrected chi connectivity index (χ4v) is 1.88. The van der Waals surface area contributed by atoms with Gasteiger partial charge in [-0.2, -0.15) is 0 Å². The van der Waals surface area contributed by atoms with Crippen molar-refractivity contribution in [3.63, 3.8) is 0 Å². The largest absolute Gasteiger partial charge is 0.490 e. The molecule has 2 rings (SSSR count). The van der Waals surface area contributed by atoms with Gasteiger partial charge in [0.15, 0.2) is 18.1 Å². The van der Waals surface area contributed by atoms with Crippen LogP contribution in [0.3, 0.4) is 0 Å². The van der Waals surface area contributed by atoms with Crippen LogP contribution in [0.4, 0.5) is 0 Å². The third kappa shape index (κ3) is 4.85. The predicted octanol–water partition coefficient (Wildman–Crippen LogP) is 3.19. The van der Waals surface area contributed by atoms with Crippen LogP contribution in [0, 0.1) is 6.92 Å². The Labute approximate surface area is 134 Å². The molecule has 23 heavy (non-hydrogen) atoms. The van der Waals surface area contributed by atoms with E-state index in [0.29, 0.717) is 30.0 Å². The van der Waals surface area contributed by atoms with Crippen LogP contribution >= 0.6 is 0 Å². The Hall–Kier alpha value is -2.82. The van der Waals surface area contributed by atoms with Crippen LogP contribution in [-0.2, 0) is 4.79 Å². The molecule has 0 bridgehead atoms. The van der Waals surface area contributed by atoms with Gasteiger partial charge in [-0.05, 0) is 44.2 Å². The lowest BCUT2D eigenvalue weighted by atomic mass is 10.2. The molecule has 0 heterocycles. The standard InChI is InChI=1S/C18H18O5/c1-3-21-17-10-14(11-19)6-9-16(17)23-18(20)12-22-15-7-4-13(2)5-8-15/h4-11H,3,12H2,1-2H3. The highest BCUT2D eigenvalue weighted by Crippen LogP contribution is 2.28. The quantitative estimate of drug-likeness (QED) is 0.446. The van der Waals surface area contributed by atoms with Crippen LogP contribution in [-0.4, -0.2) is 25.5 Å². The van der Waals surface area contributed by atoms with E-state index in [0.717, 1.165) is 5.56 Å². The third-order valence-electron chi connectivity index (χ3n) is 3.01. The lowest BCUT2D eigenvalue weighted by Crippen LogP contribution is -2.18. The van der Waals surface area contributed by atoms with E-state index in [1.165, 1.54) is 12.1 Å². The van der Waals surface area contributed by atoms with Crippen molar-refractivity contribution >= 4 is 12.3 Å². The first-order chi connectivity index (χ1) is 11.1. The van der Waals surface area contributed by atoms with Gasteiger partial charge in [-0.3, -0.25) is 4.79 Å². The molecule has 0 spiro atoms. The molecule has 2 aromatic rings. The molecule has 120 valence electrons. The number of hydrogen-bond acceptors (Lipinski definition) is 5. The van der Waals surface area contributed by atoms with Crippen molar-refractivity contribution in [1.82, 2.24) is 0 Å². The molecule has 0 fully saturated rings. The van der Waals surface area contributed by atoms with Crippen molar-refractivity contribution in [2.75, 3.05) is 13.2 Å². The molecule has 0 aliphatic carbocycles. The number of aldehydes is 1. The second-order valence-electron chi connectivity index (χ2n) is 4.83. The van der Waals surface area contributed by atoms with Gasteiger partial charge in [-0.15, -0.1) is 0 Å². The van der Waals surface area contributed by atoms with Crippen LogP contribution < -0.4 is 14.2 Å². The summed E-state index contributed by atoms with van der Waals surface area (Å²) in [4.78, 5) is 22.7. The number of esters is 1. The molecular formula is C18H18O5. The lowest BCUT2D eigenvalue weighted by Gasteiger charge is -2.11. The first kappa shape index (κ1) is 16.5. The molecule has 0 saturated carbocycles. The average molecular weight is 314 g/mol. The van der Waals surface area contributed by atoms with E-state index in [-0.39, 0.29) is 12.4 Å². The first-order valence-corrected chi connectivity index (χ1v) is 7.24. The zero-order chi connectivity index (χ0) is 16.7. The van der Waals surface area contributed by atoms with Crippen LogP contribution in [0.25, 0.3) is 0 Å². The third-order valence-corrected chi connectivity index (χ3v) is 3.01. The molecule has 2 aromatic carbocycles. The molecule has 0 atom stereocenters. The molecule has 0 aliphatic rings. The summed E-state index contributed by atoms with van der Waals surface area (Å²) in [6.07, 6.45) is 0.703. The second kappa shape index (κ2) is 7.98. The maximum absolute atomic E-state index is 11.9. The van der Waals surface area contributed by atoms with E-state index >= 15 is 0 Å². The molecule has 0 radical (unpaired) electrons. The van der Waals surface area contributed by atoms with Gasteiger partial charge in [0.25, 0.3) is 0 Å². The summed E-state index contributed by atoms with van der Waals surface area (Å²) in [5.41, 5.74) is 1.56. The summed E-state index contributed by atoms with van der Waals surface area (Å²) in [5.74, 6) is 0.648. The van der Waals surface area contributed by atoms with Gasteiger partial charge in [0, 0.05) is 5.56 Å². The maximum atomic E-state index is 11.9. The molecule has 0 amide bonds. The predicted molar refractivity (Wildman–Crippen MR) is 85.3 cm³/mol. The summed E-state index contributed by atoms with van der Waals surface area (Å²) in [6.45, 7) is 3.95. The van der Waals surface area contributed by atoms with Crippen molar-refractivity contribution in [2.45, 2.75) is 13.8 Å². The molecule has 5 heteroatoms. The summed E-state index contributed by atoms with van der Waals surface area (Å²) >= 11 is 0. The van der Waals surface area contributed by atoms with E-state index in [2.05, 4.69) is 0 Å². The van der Waals surface area contributed by atoms with E-state index in [4.69, 9.17) is 14.2 Å². The number of aryl methyl sites for hydroxylation is 1. The Kier molecular flexibility index (Phi) is 5.74. The Bertz CT molecular complexity index is 676. The highest BCUT2D eigenvalue weighted by Gasteiger charge is 2.12. The topological polar surface area (TPSA) is 61.8 Å². The summed E-state index contributed by atoms with van der Waals surface area (Å²) in [5, 5.41) is 0.